The van der Waals surface area contributed by atoms with Crippen LogP contribution in [0.15, 0.2) is 18.2 Å². The van der Waals surface area contributed by atoms with Gasteiger partial charge >= 0.3 is 0 Å². The topological polar surface area (TPSA) is 30.5 Å². The van der Waals surface area contributed by atoms with Gasteiger partial charge in [-0.15, -0.1) is 0 Å². The van der Waals surface area contributed by atoms with Crippen LogP contribution in [0.1, 0.15) is 45.1 Å². The van der Waals surface area contributed by atoms with Crippen LogP contribution >= 0.6 is 11.6 Å². The molecule has 4 heteroatoms. The molecular formula is C17H26ClNO2. The molecule has 0 radical (unpaired) electrons. The number of nitrogens with one attached hydrogen (secondary N) is 1. The fourth-order valence-electron chi connectivity index (χ4n) is 3.09. The Kier molecular flexibility index (Phi) is 5.91. The molecule has 0 bridgehead atoms. The van der Waals surface area contributed by atoms with Crippen molar-refractivity contribution in [2.75, 3.05) is 13.7 Å². The third-order valence-corrected chi connectivity index (χ3v) is 5.00. The first-order valence-corrected chi connectivity index (χ1v) is 8.20. The van der Waals surface area contributed by atoms with Crippen molar-refractivity contribution in [2.24, 2.45) is 0 Å². The van der Waals surface area contributed by atoms with Crippen LogP contribution in [-0.2, 0) is 11.3 Å². The van der Waals surface area contributed by atoms with Crippen molar-refractivity contribution in [3.63, 3.8) is 0 Å². The lowest BCUT2D eigenvalue weighted by Gasteiger charge is -2.40. The molecule has 0 aromatic heterocycles. The third-order valence-electron chi connectivity index (χ3n) is 4.64. The molecule has 1 aromatic carbocycles. The van der Waals surface area contributed by atoms with E-state index in [0.717, 1.165) is 55.2 Å². The molecule has 0 aliphatic carbocycles. The molecular weight excluding hydrogens is 286 g/mol. The van der Waals surface area contributed by atoms with Crippen molar-refractivity contribution in [3.05, 3.63) is 28.8 Å². The van der Waals surface area contributed by atoms with Crippen LogP contribution in [0, 0.1) is 0 Å². The molecule has 1 fully saturated rings. The van der Waals surface area contributed by atoms with Crippen LogP contribution in [0.25, 0.3) is 0 Å². The maximum atomic E-state index is 6.29. The van der Waals surface area contributed by atoms with E-state index >= 15 is 0 Å². The van der Waals surface area contributed by atoms with Crippen molar-refractivity contribution in [2.45, 2.75) is 57.7 Å². The Bertz CT molecular complexity index is 460. The van der Waals surface area contributed by atoms with Crippen LogP contribution in [0.4, 0.5) is 0 Å². The highest BCUT2D eigenvalue weighted by atomic mass is 35.5. The third kappa shape index (κ3) is 3.91. The Labute approximate surface area is 133 Å². The SMILES string of the molecule is CCC1(CC)CC(NCc2c(Cl)cccc2OC)CCO1. The zero-order valence-electron chi connectivity index (χ0n) is 13.2. The highest BCUT2D eigenvalue weighted by molar-refractivity contribution is 6.31. The summed E-state index contributed by atoms with van der Waals surface area (Å²) in [5.41, 5.74) is 1.08. The average Bonchev–Trinajstić information content (AvgIpc) is 2.53. The minimum Gasteiger partial charge on any atom is -0.496 e. The molecule has 1 aliphatic heterocycles. The lowest BCUT2D eigenvalue weighted by molar-refractivity contribution is -0.0932. The van der Waals surface area contributed by atoms with E-state index in [-0.39, 0.29) is 5.60 Å². The van der Waals surface area contributed by atoms with E-state index in [0.29, 0.717) is 6.04 Å². The van der Waals surface area contributed by atoms with Gasteiger partial charge in [-0.2, -0.15) is 0 Å². The molecule has 0 amide bonds. The predicted molar refractivity (Wildman–Crippen MR) is 87.1 cm³/mol. The molecule has 1 aliphatic rings. The summed E-state index contributed by atoms with van der Waals surface area (Å²) in [6.45, 7) is 5.99. The second-order valence-electron chi connectivity index (χ2n) is 5.73. The first-order valence-electron chi connectivity index (χ1n) is 7.83. The van der Waals surface area contributed by atoms with Gasteiger partial charge in [0, 0.05) is 29.8 Å². The minimum atomic E-state index is 0.0421. The second kappa shape index (κ2) is 7.48. The van der Waals surface area contributed by atoms with Crippen LogP contribution in [-0.4, -0.2) is 25.4 Å². The monoisotopic (exact) mass is 311 g/mol. The van der Waals surface area contributed by atoms with E-state index in [1.807, 2.05) is 18.2 Å². The van der Waals surface area contributed by atoms with Crippen molar-refractivity contribution >= 4 is 11.6 Å². The Morgan fingerprint density at radius 2 is 2.14 bits per heavy atom. The summed E-state index contributed by atoms with van der Waals surface area (Å²) < 4.78 is 11.4. The van der Waals surface area contributed by atoms with Gasteiger partial charge in [0.05, 0.1) is 12.7 Å². The number of methoxy groups -OCH3 is 1. The summed E-state index contributed by atoms with van der Waals surface area (Å²) in [4.78, 5) is 0. The van der Waals surface area contributed by atoms with Gasteiger partial charge in [-0.1, -0.05) is 31.5 Å². The van der Waals surface area contributed by atoms with Crippen molar-refractivity contribution in [1.82, 2.24) is 5.32 Å². The largest absolute Gasteiger partial charge is 0.496 e. The van der Waals surface area contributed by atoms with E-state index in [2.05, 4.69) is 19.2 Å². The van der Waals surface area contributed by atoms with Crippen molar-refractivity contribution in [1.29, 1.82) is 0 Å². The van der Waals surface area contributed by atoms with Gasteiger partial charge in [0.15, 0.2) is 0 Å². The molecule has 0 saturated carbocycles. The number of hydrogen-bond donors (Lipinski definition) is 1. The number of benzene rings is 1. The van der Waals surface area contributed by atoms with Crippen molar-refractivity contribution < 1.29 is 9.47 Å². The van der Waals surface area contributed by atoms with Crippen LogP contribution in [0.5, 0.6) is 5.75 Å². The molecule has 21 heavy (non-hydrogen) atoms. The second-order valence-corrected chi connectivity index (χ2v) is 6.14. The zero-order chi connectivity index (χ0) is 15.3. The summed E-state index contributed by atoms with van der Waals surface area (Å²) >= 11 is 6.29. The van der Waals surface area contributed by atoms with E-state index in [1.165, 1.54) is 0 Å². The molecule has 3 nitrogen and oxygen atoms in total. The Morgan fingerprint density at radius 1 is 1.38 bits per heavy atom. The summed E-state index contributed by atoms with van der Waals surface area (Å²) in [6, 6.07) is 6.25. The molecule has 1 saturated heterocycles. The van der Waals surface area contributed by atoms with Gasteiger partial charge < -0.3 is 14.8 Å². The molecule has 1 heterocycles. The molecule has 0 spiro atoms. The van der Waals surface area contributed by atoms with Gasteiger partial charge in [0.2, 0.25) is 0 Å². The van der Waals surface area contributed by atoms with Gasteiger partial charge in [-0.3, -0.25) is 0 Å². The first-order chi connectivity index (χ1) is 10.1. The van der Waals surface area contributed by atoms with E-state index in [9.17, 15) is 0 Å². The molecule has 1 unspecified atom stereocenters. The van der Waals surface area contributed by atoms with Gasteiger partial charge in [0.1, 0.15) is 5.75 Å². The van der Waals surface area contributed by atoms with Gasteiger partial charge in [0.25, 0.3) is 0 Å². The zero-order valence-corrected chi connectivity index (χ0v) is 14.0. The molecule has 2 rings (SSSR count). The van der Waals surface area contributed by atoms with E-state index in [1.54, 1.807) is 7.11 Å². The van der Waals surface area contributed by atoms with Crippen LogP contribution < -0.4 is 10.1 Å². The van der Waals surface area contributed by atoms with Gasteiger partial charge in [-0.25, -0.2) is 0 Å². The van der Waals surface area contributed by atoms with Crippen LogP contribution in [0.2, 0.25) is 5.02 Å². The average molecular weight is 312 g/mol. The summed E-state index contributed by atoms with van der Waals surface area (Å²) in [7, 11) is 1.68. The van der Waals surface area contributed by atoms with Crippen LogP contribution in [0.3, 0.4) is 0 Å². The minimum absolute atomic E-state index is 0.0421. The van der Waals surface area contributed by atoms with E-state index < -0.39 is 0 Å². The number of hydrogen-bond acceptors (Lipinski definition) is 3. The lowest BCUT2D eigenvalue weighted by atomic mass is 9.86. The maximum Gasteiger partial charge on any atom is 0.124 e. The Morgan fingerprint density at radius 3 is 2.81 bits per heavy atom. The number of halogens is 1. The first kappa shape index (κ1) is 16.6. The van der Waals surface area contributed by atoms with Crippen molar-refractivity contribution in [3.8, 4) is 5.75 Å². The quantitative estimate of drug-likeness (QED) is 0.855. The summed E-state index contributed by atoms with van der Waals surface area (Å²) in [5, 5.41) is 4.39. The maximum absolute atomic E-state index is 6.29. The normalized spacial score (nSPS) is 21.2. The smallest absolute Gasteiger partial charge is 0.124 e. The molecule has 1 N–H and O–H groups in total. The summed E-state index contributed by atoms with van der Waals surface area (Å²) in [6.07, 6.45) is 4.25. The molecule has 1 aromatic rings. The molecule has 118 valence electrons. The highest BCUT2D eigenvalue weighted by Crippen LogP contribution is 2.32. The molecule has 1 atom stereocenters. The standard InChI is InChI=1S/C17H26ClNO2/c1-4-17(5-2)11-13(9-10-21-17)19-12-14-15(18)7-6-8-16(14)20-3/h6-8,13,19H,4-5,9-12H2,1-3H3. The Balaban J connectivity index is 2.00. The fraction of sp³-hybridized carbons (Fsp3) is 0.647. The number of ether oxygens (including phenoxy) is 2. The van der Waals surface area contributed by atoms with E-state index in [4.69, 9.17) is 21.1 Å². The number of rotatable bonds is 6. The summed E-state index contributed by atoms with van der Waals surface area (Å²) in [5.74, 6) is 0.847. The highest BCUT2D eigenvalue weighted by Gasteiger charge is 2.34. The lowest BCUT2D eigenvalue weighted by Crippen LogP contribution is -2.46. The fourth-order valence-corrected chi connectivity index (χ4v) is 3.33. The predicted octanol–water partition coefficient (Wildman–Crippen LogP) is 4.18. The Hall–Kier alpha value is -0.770. The van der Waals surface area contributed by atoms with Gasteiger partial charge in [-0.05, 0) is 37.8 Å².